The standard InChI is InChI=1S/C31H36O13/c1-12(2)30-39-10-21-28(44-30)25(33)26(34)31(42-21)43-27-15-8-18-17(40-11-41-18)7-14(15)22(23-16(27)9-38-29(23)35)13-5-19(36-3)24(32)20(6-13)37-4/h5-8,12,16,21-23,25-28,30-34H,9-11H2,1-4H3. The van der Waals surface area contributed by atoms with E-state index in [2.05, 4.69) is 0 Å². The van der Waals surface area contributed by atoms with E-state index < -0.39 is 66.8 Å². The van der Waals surface area contributed by atoms with Crippen molar-refractivity contribution in [2.24, 2.45) is 17.8 Å². The molecule has 4 aliphatic heterocycles. The van der Waals surface area contributed by atoms with Crippen molar-refractivity contribution in [2.45, 2.75) is 62.9 Å². The Kier molecular flexibility index (Phi) is 7.50. The molecule has 7 rings (SSSR count). The number of benzene rings is 2. The highest BCUT2D eigenvalue weighted by Gasteiger charge is 2.56. The summed E-state index contributed by atoms with van der Waals surface area (Å²) in [6.45, 7) is 4.10. The van der Waals surface area contributed by atoms with Crippen molar-refractivity contribution < 1.29 is 62.7 Å². The molecule has 3 N–H and O–H groups in total. The van der Waals surface area contributed by atoms with Crippen LogP contribution < -0.4 is 18.9 Å². The van der Waals surface area contributed by atoms with Gasteiger partial charge in [0.05, 0.1) is 39.5 Å². The molecule has 1 aliphatic carbocycles. The van der Waals surface area contributed by atoms with Gasteiger partial charge in [-0.25, -0.2) is 0 Å². The maximum Gasteiger partial charge on any atom is 0.310 e. The van der Waals surface area contributed by atoms with E-state index >= 15 is 0 Å². The van der Waals surface area contributed by atoms with Crippen LogP contribution in [0.4, 0.5) is 0 Å². The lowest BCUT2D eigenvalue weighted by atomic mass is 9.66. The van der Waals surface area contributed by atoms with Gasteiger partial charge in [-0.05, 0) is 41.0 Å². The van der Waals surface area contributed by atoms with Gasteiger partial charge < -0.3 is 58.0 Å². The SMILES string of the molecule is COc1cc(C2c3cc4c(cc3C(OC3OC5COC(C(C)C)OC5C(O)C3O)C3COC(=O)C23)OCO4)cc(OC)c1O. The average Bonchev–Trinajstić information content (AvgIpc) is 3.64. The number of carbonyl (C=O) groups is 1. The fourth-order valence-electron chi connectivity index (χ4n) is 6.98. The fraction of sp³-hybridized carbons (Fsp3) is 0.581. The Morgan fingerprint density at radius 2 is 1.57 bits per heavy atom. The van der Waals surface area contributed by atoms with Crippen LogP contribution in [-0.4, -0.2) is 92.5 Å². The molecule has 2 aromatic carbocycles. The van der Waals surface area contributed by atoms with Crippen LogP contribution in [0.2, 0.25) is 0 Å². The highest BCUT2D eigenvalue weighted by Crippen LogP contribution is 2.57. The minimum absolute atomic E-state index is 0.0290. The van der Waals surface area contributed by atoms with Crippen molar-refractivity contribution in [3.63, 3.8) is 0 Å². The Labute approximate surface area is 253 Å². The number of phenolic OH excluding ortho intramolecular Hbond substituents is 1. The molecule has 0 radical (unpaired) electrons. The summed E-state index contributed by atoms with van der Waals surface area (Å²) in [5.74, 6) is -0.992. The molecule has 44 heavy (non-hydrogen) atoms. The van der Waals surface area contributed by atoms with Gasteiger partial charge in [0.15, 0.2) is 35.6 Å². The van der Waals surface area contributed by atoms with Gasteiger partial charge in [0, 0.05) is 17.8 Å². The Bertz CT molecular complexity index is 1400. The number of rotatable bonds is 6. The van der Waals surface area contributed by atoms with Gasteiger partial charge in [-0.2, -0.15) is 0 Å². The lowest BCUT2D eigenvalue weighted by molar-refractivity contribution is -0.371. The maximum absolute atomic E-state index is 13.4. The smallest absolute Gasteiger partial charge is 0.310 e. The third kappa shape index (κ3) is 4.65. The number of methoxy groups -OCH3 is 2. The monoisotopic (exact) mass is 616 g/mol. The van der Waals surface area contributed by atoms with Crippen molar-refractivity contribution in [3.05, 3.63) is 41.0 Å². The van der Waals surface area contributed by atoms with Gasteiger partial charge in [0.2, 0.25) is 12.5 Å². The molecule has 0 amide bonds. The largest absolute Gasteiger partial charge is 0.502 e. The van der Waals surface area contributed by atoms with Gasteiger partial charge in [0.1, 0.15) is 24.4 Å². The molecule has 3 fully saturated rings. The predicted octanol–water partition coefficient (Wildman–Crippen LogP) is 1.97. The van der Waals surface area contributed by atoms with E-state index in [1.165, 1.54) is 14.2 Å². The van der Waals surface area contributed by atoms with Crippen molar-refractivity contribution in [2.75, 3.05) is 34.2 Å². The lowest BCUT2D eigenvalue weighted by Gasteiger charge is -2.48. The molecule has 13 nitrogen and oxygen atoms in total. The number of aliphatic hydroxyl groups excluding tert-OH is 2. The van der Waals surface area contributed by atoms with E-state index in [1.807, 2.05) is 19.9 Å². The third-order valence-electron chi connectivity index (χ3n) is 9.16. The van der Waals surface area contributed by atoms with Crippen LogP contribution in [0.5, 0.6) is 28.7 Å². The summed E-state index contributed by atoms with van der Waals surface area (Å²) in [5, 5.41) is 32.9. The number of esters is 1. The summed E-state index contributed by atoms with van der Waals surface area (Å²) in [4.78, 5) is 13.4. The molecule has 3 saturated heterocycles. The molecule has 4 heterocycles. The Balaban J connectivity index is 1.28. The first-order valence-corrected chi connectivity index (χ1v) is 14.7. The molecule has 5 aliphatic rings. The highest BCUT2D eigenvalue weighted by atomic mass is 16.8. The van der Waals surface area contributed by atoms with Crippen LogP contribution in [0.3, 0.4) is 0 Å². The van der Waals surface area contributed by atoms with Crippen molar-refractivity contribution >= 4 is 5.97 Å². The summed E-state index contributed by atoms with van der Waals surface area (Å²) < 4.78 is 52.3. The van der Waals surface area contributed by atoms with Crippen molar-refractivity contribution in [1.29, 1.82) is 0 Å². The second-order valence-electron chi connectivity index (χ2n) is 12.0. The third-order valence-corrected chi connectivity index (χ3v) is 9.16. The molecule has 238 valence electrons. The normalized spacial score (nSPS) is 35.5. The molecule has 13 heteroatoms. The van der Waals surface area contributed by atoms with Gasteiger partial charge >= 0.3 is 5.97 Å². The zero-order valence-corrected chi connectivity index (χ0v) is 24.7. The van der Waals surface area contributed by atoms with Crippen LogP contribution in [0.25, 0.3) is 0 Å². The number of phenols is 1. The van der Waals surface area contributed by atoms with Gasteiger partial charge in [-0.3, -0.25) is 4.79 Å². The van der Waals surface area contributed by atoms with E-state index in [0.717, 1.165) is 0 Å². The van der Waals surface area contributed by atoms with Crippen LogP contribution in [0, 0.1) is 17.8 Å². The Hall–Kier alpha value is -3.33. The lowest BCUT2D eigenvalue weighted by Crippen LogP contribution is -2.63. The quantitative estimate of drug-likeness (QED) is 0.405. The highest BCUT2D eigenvalue weighted by molar-refractivity contribution is 5.79. The minimum atomic E-state index is -1.44. The molecular formula is C31H36O13. The Morgan fingerprint density at radius 1 is 0.886 bits per heavy atom. The number of fused-ring (bicyclic) bond motifs is 4. The molecule has 0 saturated carbocycles. The van der Waals surface area contributed by atoms with Crippen LogP contribution >= 0.6 is 0 Å². The van der Waals surface area contributed by atoms with Crippen LogP contribution in [-0.2, 0) is 28.5 Å². The molecule has 10 atom stereocenters. The summed E-state index contributed by atoms with van der Waals surface area (Å²) in [7, 11) is 2.86. The number of hydrogen-bond acceptors (Lipinski definition) is 13. The van der Waals surface area contributed by atoms with Crippen LogP contribution in [0.1, 0.15) is 42.6 Å². The second-order valence-corrected chi connectivity index (χ2v) is 12.0. The first kappa shape index (κ1) is 29.4. The molecule has 2 aromatic rings. The first-order chi connectivity index (χ1) is 21.2. The van der Waals surface area contributed by atoms with E-state index in [0.29, 0.717) is 28.2 Å². The molecule has 0 bridgehead atoms. The summed E-state index contributed by atoms with van der Waals surface area (Å²) >= 11 is 0. The average molecular weight is 617 g/mol. The summed E-state index contributed by atoms with van der Waals surface area (Å²) in [6, 6.07) is 6.94. The topological polar surface area (TPSA) is 161 Å². The number of carbonyl (C=O) groups excluding carboxylic acids is 1. The molecule has 0 aromatic heterocycles. The van der Waals surface area contributed by atoms with Crippen LogP contribution in [0.15, 0.2) is 24.3 Å². The Morgan fingerprint density at radius 3 is 2.23 bits per heavy atom. The minimum Gasteiger partial charge on any atom is -0.502 e. The zero-order chi connectivity index (χ0) is 30.9. The van der Waals surface area contributed by atoms with Gasteiger partial charge in [0.25, 0.3) is 0 Å². The van der Waals surface area contributed by atoms with Crippen molar-refractivity contribution in [3.8, 4) is 28.7 Å². The fourth-order valence-corrected chi connectivity index (χ4v) is 6.98. The van der Waals surface area contributed by atoms with E-state index in [1.54, 1.807) is 18.2 Å². The summed E-state index contributed by atoms with van der Waals surface area (Å²) in [6.07, 6.45) is -6.83. The van der Waals surface area contributed by atoms with Gasteiger partial charge in [-0.1, -0.05) is 13.8 Å². The van der Waals surface area contributed by atoms with Gasteiger partial charge in [-0.15, -0.1) is 0 Å². The van der Waals surface area contributed by atoms with E-state index in [-0.39, 0.29) is 43.2 Å². The predicted molar refractivity (Wildman–Crippen MR) is 148 cm³/mol. The number of cyclic esters (lactones) is 1. The van der Waals surface area contributed by atoms with E-state index in [4.69, 9.17) is 42.6 Å². The molecule has 0 spiro atoms. The van der Waals surface area contributed by atoms with Crippen molar-refractivity contribution in [1.82, 2.24) is 0 Å². The maximum atomic E-state index is 13.4. The molecular weight excluding hydrogens is 580 g/mol. The molecule has 10 unspecified atom stereocenters. The number of hydrogen-bond donors (Lipinski definition) is 3. The number of aromatic hydroxyl groups is 1. The second kappa shape index (κ2) is 11.2. The summed E-state index contributed by atoms with van der Waals surface area (Å²) in [5.41, 5.74) is 2.02. The number of ether oxygens (including phenoxy) is 9. The first-order valence-electron chi connectivity index (χ1n) is 14.7. The van der Waals surface area contributed by atoms with E-state index in [9.17, 15) is 20.1 Å². The number of aliphatic hydroxyl groups is 2. The zero-order valence-electron chi connectivity index (χ0n) is 24.7.